The minimum absolute atomic E-state index is 0.414. The third-order valence-electron chi connectivity index (χ3n) is 1.31. The third kappa shape index (κ3) is 3.14. The van der Waals surface area contributed by atoms with Crippen LogP contribution in [0.3, 0.4) is 0 Å². The third-order valence-corrected chi connectivity index (χ3v) is 2.75. The summed E-state index contributed by atoms with van der Waals surface area (Å²) in [6, 6.07) is 0.829. The smallest absolute Gasteiger partial charge is 0.0382 e. The molecule has 0 amide bonds. The monoisotopic (exact) mass is 149 g/mol. The van der Waals surface area contributed by atoms with E-state index in [2.05, 4.69) is 27.7 Å². The van der Waals surface area contributed by atoms with E-state index < -0.39 is 8.96 Å². The second-order valence-electron chi connectivity index (χ2n) is 2.74. The zero-order valence-electron chi connectivity index (χ0n) is 6.59. The number of nitrogens with zero attached hydrogens (tertiary/aromatic N) is 1. The van der Waals surface area contributed by atoms with Crippen molar-refractivity contribution in [2.75, 3.05) is 0 Å². The molecule has 0 rings (SSSR count). The molecule has 0 N–H and O–H groups in total. The molecule has 0 saturated carbocycles. The molecule has 9 heavy (non-hydrogen) atoms. The highest BCUT2D eigenvalue weighted by Gasteiger charge is 2.12. The minimum Gasteiger partial charge on any atom is -0.669 e. The van der Waals surface area contributed by atoms with Crippen molar-refractivity contribution < 1.29 is 4.89 Å². The lowest BCUT2D eigenvalue weighted by Crippen LogP contribution is -2.31. The van der Waals surface area contributed by atoms with Crippen LogP contribution < -0.4 is 4.89 Å². The molecule has 0 aliphatic carbocycles. The second-order valence-corrected chi connectivity index (χ2v) is 3.55. The van der Waals surface area contributed by atoms with Gasteiger partial charge in [0.25, 0.3) is 0 Å². The van der Waals surface area contributed by atoms with Gasteiger partial charge in [0.15, 0.2) is 0 Å². The minimum atomic E-state index is -0.745. The van der Waals surface area contributed by atoms with Crippen molar-refractivity contribution in [3.63, 3.8) is 0 Å². The molecule has 1 atom stereocenters. The van der Waals surface area contributed by atoms with Gasteiger partial charge in [-0.15, -0.1) is 0 Å². The van der Waals surface area contributed by atoms with E-state index in [0.29, 0.717) is 12.1 Å². The molecule has 0 heterocycles. The maximum absolute atomic E-state index is 10.5. The molecule has 0 spiro atoms. The van der Waals surface area contributed by atoms with Gasteiger partial charge in [-0.05, 0) is 27.7 Å². The van der Waals surface area contributed by atoms with Gasteiger partial charge in [-0.3, -0.25) is 0 Å². The van der Waals surface area contributed by atoms with E-state index in [0.717, 1.165) is 0 Å². The van der Waals surface area contributed by atoms with E-state index in [9.17, 15) is 4.89 Å². The molecular weight excluding hydrogens is 133 g/mol. The summed E-state index contributed by atoms with van der Waals surface area (Å²) in [6.07, 6.45) is 0. The van der Waals surface area contributed by atoms with Crippen LogP contribution in [0.1, 0.15) is 27.7 Å². The molecule has 0 aromatic heterocycles. The summed E-state index contributed by atoms with van der Waals surface area (Å²) in [7, 11) is -0.745. The van der Waals surface area contributed by atoms with Crippen LogP contribution in [0.5, 0.6) is 0 Å². The fraction of sp³-hybridized carbons (Fsp3) is 1.00. The lowest BCUT2D eigenvalue weighted by atomic mass is 10.3. The van der Waals surface area contributed by atoms with Gasteiger partial charge in [0.1, 0.15) is 0 Å². The summed E-state index contributed by atoms with van der Waals surface area (Å²) >= 11 is 0. The van der Waals surface area contributed by atoms with Crippen molar-refractivity contribution in [2.24, 2.45) is 0 Å². The SMILES string of the molecule is CC(C)N([PH2+][O-])C(C)C. The van der Waals surface area contributed by atoms with Gasteiger partial charge in [-0.1, -0.05) is 0 Å². The van der Waals surface area contributed by atoms with Crippen LogP contribution in [0.4, 0.5) is 0 Å². The maximum atomic E-state index is 10.5. The van der Waals surface area contributed by atoms with Gasteiger partial charge in [-0.2, -0.15) is 4.67 Å². The molecule has 0 radical (unpaired) electrons. The Kier molecular flexibility index (Phi) is 4.37. The van der Waals surface area contributed by atoms with Crippen LogP contribution in [-0.2, 0) is 0 Å². The van der Waals surface area contributed by atoms with Crippen LogP contribution in [0, 0.1) is 0 Å². The Hall–Kier alpha value is 0.350. The van der Waals surface area contributed by atoms with E-state index in [4.69, 9.17) is 0 Å². The molecule has 0 aromatic rings. The molecule has 3 heteroatoms. The van der Waals surface area contributed by atoms with Gasteiger partial charge in [0, 0.05) is 21.0 Å². The Morgan fingerprint density at radius 3 is 1.44 bits per heavy atom. The fourth-order valence-electron chi connectivity index (χ4n) is 0.840. The average molecular weight is 149 g/mol. The molecule has 2 nitrogen and oxygen atoms in total. The molecule has 56 valence electrons. The van der Waals surface area contributed by atoms with Gasteiger partial charge in [0.05, 0.1) is 0 Å². The Morgan fingerprint density at radius 2 is 1.44 bits per heavy atom. The van der Waals surface area contributed by atoms with Crippen molar-refractivity contribution in [3.8, 4) is 0 Å². The number of hydrogen-bond donors (Lipinski definition) is 0. The molecule has 1 unspecified atom stereocenters. The maximum Gasteiger partial charge on any atom is 0.0382 e. The lowest BCUT2D eigenvalue weighted by molar-refractivity contribution is -0.162. The van der Waals surface area contributed by atoms with Gasteiger partial charge in [-0.25, -0.2) is 0 Å². The highest BCUT2D eigenvalue weighted by molar-refractivity contribution is 7.26. The summed E-state index contributed by atoms with van der Waals surface area (Å²) in [5, 5.41) is 0. The van der Waals surface area contributed by atoms with Crippen molar-refractivity contribution in [2.45, 2.75) is 39.8 Å². The summed E-state index contributed by atoms with van der Waals surface area (Å²) in [6.45, 7) is 8.24. The van der Waals surface area contributed by atoms with E-state index in [1.54, 1.807) is 0 Å². The molecular formula is C6H16NOP. The summed E-state index contributed by atoms with van der Waals surface area (Å²) in [4.78, 5) is 10.5. The van der Waals surface area contributed by atoms with Crippen molar-refractivity contribution in [3.05, 3.63) is 0 Å². The number of rotatable bonds is 3. The fourth-order valence-corrected chi connectivity index (χ4v) is 1.33. The predicted octanol–water partition coefficient (Wildman–Crippen LogP) is 0.706. The quantitative estimate of drug-likeness (QED) is 0.552. The van der Waals surface area contributed by atoms with Crippen molar-refractivity contribution >= 4 is 8.96 Å². The topological polar surface area (TPSA) is 26.3 Å². The van der Waals surface area contributed by atoms with Gasteiger partial charge >= 0.3 is 0 Å². The molecule has 0 bridgehead atoms. The first-order valence-electron chi connectivity index (χ1n) is 3.32. The Balaban J connectivity index is 3.68. The Labute approximate surface area is 59.2 Å². The average Bonchev–Trinajstić information content (AvgIpc) is 1.64. The molecule has 0 saturated heterocycles. The molecule has 0 aromatic carbocycles. The Bertz CT molecular complexity index is 67.5. The van der Waals surface area contributed by atoms with Crippen molar-refractivity contribution in [1.82, 2.24) is 4.67 Å². The van der Waals surface area contributed by atoms with E-state index in [1.165, 1.54) is 0 Å². The zero-order chi connectivity index (χ0) is 7.44. The molecule has 0 aliphatic heterocycles. The first-order valence-corrected chi connectivity index (χ1v) is 4.31. The lowest BCUT2D eigenvalue weighted by Gasteiger charge is -2.25. The van der Waals surface area contributed by atoms with E-state index >= 15 is 0 Å². The highest BCUT2D eigenvalue weighted by Crippen LogP contribution is 2.16. The van der Waals surface area contributed by atoms with Crippen LogP contribution in [0.2, 0.25) is 0 Å². The molecule has 0 aliphatic rings. The van der Waals surface area contributed by atoms with Crippen LogP contribution in [0.25, 0.3) is 0 Å². The summed E-state index contributed by atoms with van der Waals surface area (Å²) in [5.74, 6) is 0. The van der Waals surface area contributed by atoms with Crippen molar-refractivity contribution in [1.29, 1.82) is 0 Å². The summed E-state index contributed by atoms with van der Waals surface area (Å²) in [5.41, 5.74) is 0. The van der Waals surface area contributed by atoms with Gasteiger partial charge < -0.3 is 4.89 Å². The Morgan fingerprint density at radius 1 is 1.11 bits per heavy atom. The van der Waals surface area contributed by atoms with Crippen LogP contribution in [-0.4, -0.2) is 16.8 Å². The van der Waals surface area contributed by atoms with Crippen LogP contribution in [0.15, 0.2) is 0 Å². The van der Waals surface area contributed by atoms with E-state index in [-0.39, 0.29) is 0 Å². The largest absolute Gasteiger partial charge is 0.669 e. The first-order chi connectivity index (χ1) is 4.09. The normalized spacial score (nSPS) is 13.3. The number of hydrogen-bond acceptors (Lipinski definition) is 2. The molecule has 0 fully saturated rings. The summed E-state index contributed by atoms with van der Waals surface area (Å²) < 4.78 is 1.99. The first kappa shape index (κ1) is 9.35. The zero-order valence-corrected chi connectivity index (χ0v) is 7.74. The predicted molar refractivity (Wildman–Crippen MR) is 41.8 cm³/mol. The standard InChI is InChI=1S/C6H16NOP/c1-5(2)7(9-8)6(3)4/h5-6H,9H2,1-4H3. The second kappa shape index (κ2) is 4.21. The highest BCUT2D eigenvalue weighted by atomic mass is 31.1. The van der Waals surface area contributed by atoms with Crippen LogP contribution >= 0.6 is 8.96 Å². The van der Waals surface area contributed by atoms with E-state index in [1.807, 2.05) is 4.67 Å². The van der Waals surface area contributed by atoms with Gasteiger partial charge in [0.2, 0.25) is 0 Å².